The molecule has 2 aliphatic rings. The summed E-state index contributed by atoms with van der Waals surface area (Å²) in [6.07, 6.45) is 1.60. The molecule has 0 saturated carbocycles. The molecule has 3 aromatic rings. The first-order valence-corrected chi connectivity index (χ1v) is 14.7. The molecule has 1 amide bonds. The van der Waals surface area contributed by atoms with E-state index in [0.717, 1.165) is 0 Å². The topological polar surface area (TPSA) is 143 Å². The Morgan fingerprint density at radius 3 is 2.78 bits per heavy atom. The van der Waals surface area contributed by atoms with Crippen molar-refractivity contribution in [1.29, 1.82) is 5.26 Å². The van der Waals surface area contributed by atoms with Crippen molar-refractivity contribution in [3.05, 3.63) is 75.7 Å². The minimum atomic E-state index is -0.659. The average molecular weight is 609 g/mol. The zero-order valence-corrected chi connectivity index (χ0v) is 24.5. The van der Waals surface area contributed by atoms with E-state index in [1.54, 1.807) is 42.3 Å². The van der Waals surface area contributed by atoms with Crippen LogP contribution in [-0.4, -0.2) is 41.9 Å². The van der Waals surface area contributed by atoms with Gasteiger partial charge in [0.1, 0.15) is 17.3 Å². The monoisotopic (exact) mass is 608 g/mol. The third-order valence-electron chi connectivity index (χ3n) is 6.73. The second-order valence-electron chi connectivity index (χ2n) is 9.09. The van der Waals surface area contributed by atoms with Crippen molar-refractivity contribution in [2.75, 3.05) is 30.2 Å². The van der Waals surface area contributed by atoms with Crippen LogP contribution in [0.1, 0.15) is 30.7 Å². The quantitative estimate of drug-likeness (QED) is 0.326. The number of aromatic nitrogens is 2. The summed E-state index contributed by atoms with van der Waals surface area (Å²) in [7, 11) is 3.06. The predicted octanol–water partition coefficient (Wildman–Crippen LogP) is 5.24. The molecular formula is C28H25ClN6O4S2. The summed E-state index contributed by atoms with van der Waals surface area (Å²) in [4.78, 5) is 27.6. The number of hydrogen-bond acceptors (Lipinski definition) is 11. The Morgan fingerprint density at radius 1 is 1.24 bits per heavy atom. The highest BCUT2D eigenvalue weighted by Crippen LogP contribution is 2.48. The molecule has 13 heteroatoms. The van der Waals surface area contributed by atoms with E-state index in [9.17, 15) is 14.9 Å². The van der Waals surface area contributed by atoms with E-state index in [2.05, 4.69) is 21.6 Å². The number of hydrogen-bond donors (Lipinski definition) is 2. The fourth-order valence-corrected chi connectivity index (χ4v) is 6.82. The number of nitrogens with zero attached hydrogens (tertiary/aromatic N) is 4. The van der Waals surface area contributed by atoms with Gasteiger partial charge in [0, 0.05) is 28.8 Å². The molecule has 3 N–H and O–H groups in total. The number of amides is 1. The van der Waals surface area contributed by atoms with Crippen LogP contribution in [-0.2, 0) is 9.59 Å². The minimum Gasteiger partial charge on any atom is -0.497 e. The van der Waals surface area contributed by atoms with Gasteiger partial charge in [-0.05, 0) is 36.6 Å². The zero-order chi connectivity index (χ0) is 29.1. The van der Waals surface area contributed by atoms with E-state index in [0.29, 0.717) is 67.8 Å². The molecule has 1 atom stereocenters. The first-order chi connectivity index (χ1) is 19.9. The Balaban J connectivity index is 1.39. The third kappa shape index (κ3) is 5.61. The van der Waals surface area contributed by atoms with E-state index in [4.69, 9.17) is 26.8 Å². The first-order valence-electron chi connectivity index (χ1n) is 12.5. The van der Waals surface area contributed by atoms with E-state index >= 15 is 0 Å². The maximum absolute atomic E-state index is 13.3. The fraction of sp³-hybridized carbons (Fsp3) is 0.250. The second-order valence-corrected chi connectivity index (χ2v) is 11.7. The lowest BCUT2D eigenvalue weighted by molar-refractivity contribution is -0.116. The molecule has 2 heterocycles. The smallest absolute Gasteiger partial charge is 0.234 e. The van der Waals surface area contributed by atoms with Crippen LogP contribution in [0.2, 0.25) is 5.02 Å². The number of carbonyl (C=O) groups excluding carboxylic acids is 2. The molecule has 1 aliphatic carbocycles. The Bertz CT molecular complexity index is 1630. The van der Waals surface area contributed by atoms with Gasteiger partial charge in [0.15, 0.2) is 10.1 Å². The van der Waals surface area contributed by atoms with Crippen molar-refractivity contribution < 1.29 is 19.1 Å². The largest absolute Gasteiger partial charge is 0.497 e. The standard InChI is InChI=1S/C28H25ClN6O4S2/c1-38-15-10-11-19(22(12-15)39-2)32-23(37)14-40-28-34-33-27(41-28)35-20-8-5-9-21(36)25(20)24(17(13-30)26(35)31)16-6-3-4-7-18(16)29/h3-4,6-7,10-12,24H,5,8-9,14,31H2,1-2H3,(H,32,37). The number of anilines is 2. The maximum Gasteiger partial charge on any atom is 0.234 e. The van der Waals surface area contributed by atoms with E-state index in [-0.39, 0.29) is 28.8 Å². The Labute approximate surface area is 249 Å². The molecule has 0 bridgehead atoms. The van der Waals surface area contributed by atoms with Crippen LogP contribution in [0.15, 0.2) is 69.5 Å². The number of rotatable bonds is 8. The average Bonchev–Trinajstić information content (AvgIpc) is 3.44. The number of thioether (sulfide) groups is 1. The molecule has 10 nitrogen and oxygen atoms in total. The van der Waals surface area contributed by atoms with Crippen LogP contribution in [0.3, 0.4) is 0 Å². The highest BCUT2D eigenvalue weighted by atomic mass is 35.5. The van der Waals surface area contributed by atoms with Gasteiger partial charge in [-0.2, -0.15) is 5.26 Å². The number of halogens is 1. The van der Waals surface area contributed by atoms with Crippen molar-refractivity contribution in [1.82, 2.24) is 10.2 Å². The molecule has 1 aromatic heterocycles. The van der Waals surface area contributed by atoms with Gasteiger partial charge in [-0.1, -0.05) is 52.9 Å². The van der Waals surface area contributed by atoms with E-state index in [1.165, 1.54) is 30.2 Å². The number of nitrogens with two attached hydrogens (primary N) is 1. The molecule has 1 aliphatic heterocycles. The molecule has 5 rings (SSSR count). The molecule has 0 fully saturated rings. The fourth-order valence-electron chi connectivity index (χ4n) is 4.89. The molecule has 0 spiro atoms. The number of benzene rings is 2. The molecule has 1 unspecified atom stereocenters. The van der Waals surface area contributed by atoms with Crippen molar-refractivity contribution in [3.63, 3.8) is 0 Å². The molecule has 0 radical (unpaired) electrons. The van der Waals surface area contributed by atoms with Crippen LogP contribution in [0.25, 0.3) is 0 Å². The van der Waals surface area contributed by atoms with Crippen LogP contribution in [0, 0.1) is 11.3 Å². The van der Waals surface area contributed by atoms with Crippen molar-refractivity contribution in [2.24, 2.45) is 5.73 Å². The van der Waals surface area contributed by atoms with Crippen molar-refractivity contribution in [3.8, 4) is 17.6 Å². The van der Waals surface area contributed by atoms with Gasteiger partial charge >= 0.3 is 0 Å². The summed E-state index contributed by atoms with van der Waals surface area (Å²) >= 11 is 8.95. The molecule has 2 aromatic carbocycles. The van der Waals surface area contributed by atoms with Gasteiger partial charge in [0.25, 0.3) is 0 Å². The van der Waals surface area contributed by atoms with Gasteiger partial charge in [-0.25, -0.2) is 0 Å². The maximum atomic E-state index is 13.3. The highest BCUT2D eigenvalue weighted by Gasteiger charge is 2.41. The Morgan fingerprint density at radius 2 is 2.05 bits per heavy atom. The Kier molecular flexibility index (Phi) is 8.49. The van der Waals surface area contributed by atoms with Crippen LogP contribution in [0.5, 0.6) is 11.5 Å². The number of methoxy groups -OCH3 is 2. The molecule has 210 valence electrons. The van der Waals surface area contributed by atoms with Gasteiger partial charge in [0.05, 0.1) is 43.2 Å². The summed E-state index contributed by atoms with van der Waals surface area (Å²) in [6.45, 7) is 0. The lowest BCUT2D eigenvalue weighted by Gasteiger charge is -2.38. The first kappa shape index (κ1) is 28.5. The number of nitrogens with one attached hydrogen (secondary N) is 1. The van der Waals surface area contributed by atoms with Crippen molar-refractivity contribution >= 4 is 57.2 Å². The van der Waals surface area contributed by atoms with E-state index in [1.807, 2.05) is 12.1 Å². The van der Waals surface area contributed by atoms with Crippen LogP contribution >= 0.6 is 34.7 Å². The zero-order valence-electron chi connectivity index (χ0n) is 22.1. The Hall–Kier alpha value is -4.05. The van der Waals surface area contributed by atoms with Gasteiger partial charge in [-0.3, -0.25) is 14.5 Å². The van der Waals surface area contributed by atoms with E-state index < -0.39 is 5.92 Å². The molecular weight excluding hydrogens is 584 g/mol. The lowest BCUT2D eigenvalue weighted by atomic mass is 9.76. The number of carbonyl (C=O) groups is 2. The highest BCUT2D eigenvalue weighted by molar-refractivity contribution is 8.01. The summed E-state index contributed by atoms with van der Waals surface area (Å²) in [5.41, 5.74) is 9.20. The summed E-state index contributed by atoms with van der Waals surface area (Å²) in [6, 6.07) is 14.5. The normalized spacial score (nSPS) is 16.8. The number of Topliss-reactive ketones (excluding diaryl/α,β-unsaturated/α-hetero) is 1. The molecule has 0 saturated heterocycles. The van der Waals surface area contributed by atoms with Crippen LogP contribution < -0.4 is 25.4 Å². The lowest BCUT2D eigenvalue weighted by Crippen LogP contribution is -2.38. The van der Waals surface area contributed by atoms with Gasteiger partial charge in [0.2, 0.25) is 11.0 Å². The van der Waals surface area contributed by atoms with Gasteiger partial charge < -0.3 is 20.5 Å². The second kappa shape index (κ2) is 12.2. The number of allylic oxidation sites excluding steroid dienone is 3. The van der Waals surface area contributed by atoms with Gasteiger partial charge in [-0.15, -0.1) is 10.2 Å². The number of ether oxygens (including phenoxy) is 2. The predicted molar refractivity (Wildman–Crippen MR) is 158 cm³/mol. The summed E-state index contributed by atoms with van der Waals surface area (Å²) in [5.74, 6) is 0.367. The summed E-state index contributed by atoms with van der Waals surface area (Å²) < 4.78 is 11.1. The third-order valence-corrected chi connectivity index (χ3v) is 9.11. The minimum absolute atomic E-state index is 0.0498. The van der Waals surface area contributed by atoms with Crippen LogP contribution in [0.4, 0.5) is 10.8 Å². The number of nitriles is 1. The molecule has 41 heavy (non-hydrogen) atoms. The summed E-state index contributed by atoms with van der Waals surface area (Å²) in [5, 5.41) is 22.4. The SMILES string of the molecule is COc1ccc(NC(=O)CSc2nnc(N3C(N)=C(C#N)C(c4ccccc4Cl)C4=C3CCCC4=O)s2)c(OC)c1. The van der Waals surface area contributed by atoms with Crippen molar-refractivity contribution in [2.45, 2.75) is 29.5 Å². The number of ketones is 1.